The van der Waals surface area contributed by atoms with E-state index >= 15 is 0 Å². The molecule has 122 valence electrons. The lowest BCUT2D eigenvalue weighted by atomic mass is 10.0. The number of rotatable bonds is 3. The maximum Gasteiger partial charge on any atom is 0.329 e. The molecule has 0 saturated carbocycles. The number of aromatic nitrogens is 3. The third-order valence-electron chi connectivity index (χ3n) is 4.61. The van der Waals surface area contributed by atoms with Crippen LogP contribution in [0.25, 0.3) is 11.3 Å². The van der Waals surface area contributed by atoms with E-state index in [4.69, 9.17) is 0 Å². The van der Waals surface area contributed by atoms with Crippen LogP contribution in [0, 0.1) is 0 Å². The van der Waals surface area contributed by atoms with Crippen molar-refractivity contribution in [3.05, 3.63) is 37.1 Å². The Labute approximate surface area is 136 Å². The summed E-state index contributed by atoms with van der Waals surface area (Å²) in [5.74, 6) is 0. The van der Waals surface area contributed by atoms with E-state index in [1.54, 1.807) is 29.5 Å². The molecule has 0 aromatic carbocycles. The highest BCUT2D eigenvalue weighted by molar-refractivity contribution is 5.78. The molecule has 0 atom stereocenters. The lowest BCUT2D eigenvalue weighted by Gasteiger charge is -2.36. The number of pyridine rings is 1. The summed E-state index contributed by atoms with van der Waals surface area (Å²) in [6.45, 7) is 5.38. The summed E-state index contributed by atoms with van der Waals surface area (Å²) in [7, 11) is 1.89. The number of imidazole rings is 1. The van der Waals surface area contributed by atoms with Crippen LogP contribution in [-0.2, 0) is 0 Å². The molecule has 0 unspecified atom stereocenters. The molecule has 1 aliphatic rings. The van der Waals surface area contributed by atoms with E-state index in [1.807, 2.05) is 24.1 Å². The highest BCUT2D eigenvalue weighted by Crippen LogP contribution is 2.18. The summed E-state index contributed by atoms with van der Waals surface area (Å²) in [6.07, 6.45) is 8.89. The van der Waals surface area contributed by atoms with E-state index in [2.05, 4.69) is 21.8 Å². The molecule has 0 spiro atoms. The van der Waals surface area contributed by atoms with Crippen molar-refractivity contribution in [2.75, 3.05) is 26.7 Å². The Kier molecular flexibility index (Phi) is 4.71. The minimum Gasteiger partial charge on any atom is -0.324 e. The van der Waals surface area contributed by atoms with Crippen LogP contribution < -0.4 is 0 Å². The van der Waals surface area contributed by atoms with Crippen LogP contribution in [0.15, 0.2) is 37.1 Å². The van der Waals surface area contributed by atoms with Gasteiger partial charge in [0.2, 0.25) is 0 Å². The van der Waals surface area contributed by atoms with Crippen molar-refractivity contribution in [2.45, 2.75) is 25.8 Å². The Hall–Kier alpha value is -2.21. The van der Waals surface area contributed by atoms with Gasteiger partial charge in [-0.15, -0.1) is 0 Å². The minimum atomic E-state index is -0.0254. The summed E-state index contributed by atoms with van der Waals surface area (Å²) in [4.78, 5) is 25.3. The fourth-order valence-electron chi connectivity index (χ4n) is 3.05. The molecule has 23 heavy (non-hydrogen) atoms. The highest BCUT2D eigenvalue weighted by Gasteiger charge is 2.25. The molecule has 1 saturated heterocycles. The zero-order valence-electron chi connectivity index (χ0n) is 13.7. The summed E-state index contributed by atoms with van der Waals surface area (Å²) in [5.41, 5.74) is 1.68. The van der Waals surface area contributed by atoms with Crippen LogP contribution in [0.3, 0.4) is 0 Å². The van der Waals surface area contributed by atoms with E-state index in [0.717, 1.165) is 43.7 Å². The lowest BCUT2D eigenvalue weighted by Crippen LogP contribution is -2.46. The van der Waals surface area contributed by atoms with Crippen LogP contribution in [0.2, 0.25) is 0 Å². The first-order valence-electron chi connectivity index (χ1n) is 8.13. The van der Waals surface area contributed by atoms with Gasteiger partial charge in [0, 0.05) is 50.3 Å². The van der Waals surface area contributed by atoms with Gasteiger partial charge in [-0.25, -0.2) is 9.78 Å². The SMILES string of the molecule is CCN1CCC(N(C)C(=O)n2cnc(-c3cccnc3)c2)CC1. The predicted molar refractivity (Wildman–Crippen MR) is 89.2 cm³/mol. The number of piperidine rings is 1. The third kappa shape index (κ3) is 3.42. The predicted octanol–water partition coefficient (Wildman–Crippen LogP) is 2.33. The van der Waals surface area contributed by atoms with E-state index in [1.165, 1.54) is 0 Å². The number of nitrogens with zero attached hydrogens (tertiary/aromatic N) is 5. The first-order chi connectivity index (χ1) is 11.2. The Morgan fingerprint density at radius 1 is 1.39 bits per heavy atom. The van der Waals surface area contributed by atoms with Gasteiger partial charge in [-0.2, -0.15) is 0 Å². The molecule has 3 heterocycles. The average Bonchev–Trinajstić information content (AvgIpc) is 3.11. The molecular formula is C17H23N5O. The highest BCUT2D eigenvalue weighted by atomic mass is 16.2. The standard InChI is InChI=1S/C17H23N5O/c1-3-21-9-6-15(7-10-21)20(2)17(23)22-12-16(19-13-22)14-5-4-8-18-11-14/h4-5,8,11-13,15H,3,6-7,9-10H2,1-2H3. The molecular weight excluding hydrogens is 290 g/mol. The fraction of sp³-hybridized carbons (Fsp3) is 0.471. The van der Waals surface area contributed by atoms with Gasteiger partial charge in [0.05, 0.1) is 5.69 Å². The Morgan fingerprint density at radius 3 is 2.83 bits per heavy atom. The number of likely N-dealkylation sites (tertiary alicyclic amines) is 1. The van der Waals surface area contributed by atoms with E-state index in [0.29, 0.717) is 6.04 Å². The lowest BCUT2D eigenvalue weighted by molar-refractivity contribution is 0.139. The minimum absolute atomic E-state index is 0.0254. The maximum absolute atomic E-state index is 12.7. The van der Waals surface area contributed by atoms with Crippen LogP contribution in [-0.4, -0.2) is 63.1 Å². The van der Waals surface area contributed by atoms with Gasteiger partial charge >= 0.3 is 6.03 Å². The molecule has 0 N–H and O–H groups in total. The van der Waals surface area contributed by atoms with Crippen LogP contribution in [0.4, 0.5) is 4.79 Å². The summed E-state index contributed by atoms with van der Waals surface area (Å²) >= 11 is 0. The van der Waals surface area contributed by atoms with Crippen molar-refractivity contribution in [3.8, 4) is 11.3 Å². The van der Waals surface area contributed by atoms with Crippen molar-refractivity contribution in [3.63, 3.8) is 0 Å². The van der Waals surface area contributed by atoms with Gasteiger partial charge in [-0.3, -0.25) is 9.55 Å². The van der Waals surface area contributed by atoms with Crippen LogP contribution in [0.5, 0.6) is 0 Å². The van der Waals surface area contributed by atoms with Crippen molar-refractivity contribution >= 4 is 6.03 Å². The second-order valence-electron chi connectivity index (χ2n) is 5.97. The Balaban J connectivity index is 1.67. The molecule has 1 fully saturated rings. The quantitative estimate of drug-likeness (QED) is 0.873. The van der Waals surface area contributed by atoms with E-state index in [-0.39, 0.29) is 6.03 Å². The maximum atomic E-state index is 12.7. The van der Waals surface area contributed by atoms with Gasteiger partial charge in [0.1, 0.15) is 6.33 Å². The molecule has 1 amide bonds. The number of carbonyl (C=O) groups is 1. The largest absolute Gasteiger partial charge is 0.329 e. The van der Waals surface area contributed by atoms with Crippen LogP contribution >= 0.6 is 0 Å². The van der Waals surface area contributed by atoms with Crippen molar-refractivity contribution < 1.29 is 4.79 Å². The molecule has 0 aliphatic carbocycles. The van der Waals surface area contributed by atoms with E-state index in [9.17, 15) is 4.79 Å². The summed E-state index contributed by atoms with van der Waals surface area (Å²) in [6, 6.07) is 4.08. The molecule has 0 bridgehead atoms. The average molecular weight is 313 g/mol. The molecule has 2 aromatic rings. The zero-order valence-corrected chi connectivity index (χ0v) is 13.7. The normalized spacial score (nSPS) is 16.4. The first-order valence-corrected chi connectivity index (χ1v) is 8.13. The number of hydrogen-bond donors (Lipinski definition) is 0. The Bertz CT molecular complexity index is 646. The van der Waals surface area contributed by atoms with E-state index < -0.39 is 0 Å². The smallest absolute Gasteiger partial charge is 0.324 e. The first kappa shape index (κ1) is 15.7. The molecule has 6 nitrogen and oxygen atoms in total. The fourth-order valence-corrected chi connectivity index (χ4v) is 3.05. The Morgan fingerprint density at radius 2 is 2.17 bits per heavy atom. The molecule has 1 aliphatic heterocycles. The van der Waals surface area contributed by atoms with Gasteiger partial charge < -0.3 is 9.80 Å². The van der Waals surface area contributed by atoms with Gasteiger partial charge in [0.25, 0.3) is 0 Å². The van der Waals surface area contributed by atoms with Crippen molar-refractivity contribution in [2.24, 2.45) is 0 Å². The molecule has 0 radical (unpaired) electrons. The number of amides is 1. The van der Waals surface area contributed by atoms with Crippen molar-refractivity contribution in [1.29, 1.82) is 0 Å². The van der Waals surface area contributed by atoms with Crippen molar-refractivity contribution in [1.82, 2.24) is 24.3 Å². The van der Waals surface area contributed by atoms with Gasteiger partial charge in [0.15, 0.2) is 0 Å². The van der Waals surface area contributed by atoms with Gasteiger partial charge in [-0.1, -0.05) is 6.92 Å². The third-order valence-corrected chi connectivity index (χ3v) is 4.61. The zero-order chi connectivity index (χ0) is 16.2. The monoisotopic (exact) mass is 313 g/mol. The topological polar surface area (TPSA) is 54.3 Å². The number of carbonyl (C=O) groups excluding carboxylic acids is 1. The summed E-state index contributed by atoms with van der Waals surface area (Å²) in [5, 5.41) is 0. The molecule has 6 heteroatoms. The van der Waals surface area contributed by atoms with Crippen LogP contribution in [0.1, 0.15) is 19.8 Å². The summed E-state index contributed by atoms with van der Waals surface area (Å²) < 4.78 is 1.56. The molecule has 3 rings (SSSR count). The number of hydrogen-bond acceptors (Lipinski definition) is 4. The second kappa shape index (κ2) is 6.91. The second-order valence-corrected chi connectivity index (χ2v) is 5.97. The van der Waals surface area contributed by atoms with Gasteiger partial charge in [-0.05, 0) is 31.5 Å². The molecule has 2 aromatic heterocycles.